The lowest BCUT2D eigenvalue weighted by Gasteiger charge is -2.36. The van der Waals surface area contributed by atoms with Crippen LogP contribution in [0.5, 0.6) is 5.75 Å². The van der Waals surface area contributed by atoms with Gasteiger partial charge in [-0.15, -0.1) is 0 Å². The van der Waals surface area contributed by atoms with E-state index in [2.05, 4.69) is 0 Å². The van der Waals surface area contributed by atoms with E-state index in [-0.39, 0.29) is 24.8 Å². The van der Waals surface area contributed by atoms with Gasteiger partial charge in [0.1, 0.15) is 5.75 Å². The summed E-state index contributed by atoms with van der Waals surface area (Å²) in [6.07, 6.45) is 0.0227. The number of rotatable bonds is 4. The maximum atomic E-state index is 13.0. The average molecular weight is 394 g/mol. The summed E-state index contributed by atoms with van der Waals surface area (Å²) in [7, 11) is 0. The lowest BCUT2D eigenvalue weighted by atomic mass is 9.92. The molecule has 2 atom stereocenters. The predicted molar refractivity (Wildman–Crippen MR) is 106 cm³/mol. The van der Waals surface area contributed by atoms with Crippen molar-refractivity contribution in [2.75, 3.05) is 18.0 Å². The highest BCUT2D eigenvalue weighted by atomic mass is 16.5. The number of nitrogens with zero attached hydrogens (tertiary/aromatic N) is 2. The van der Waals surface area contributed by atoms with Crippen molar-refractivity contribution in [3.63, 3.8) is 0 Å². The van der Waals surface area contributed by atoms with Crippen molar-refractivity contribution in [1.29, 1.82) is 0 Å². The molecule has 2 aliphatic heterocycles. The summed E-state index contributed by atoms with van der Waals surface area (Å²) >= 11 is 0. The highest BCUT2D eigenvalue weighted by Gasteiger charge is 2.37. The summed E-state index contributed by atoms with van der Waals surface area (Å²) in [6.45, 7) is 2.19. The fraction of sp³-hybridized carbons (Fsp3) is 0.318. The van der Waals surface area contributed by atoms with Gasteiger partial charge in [-0.3, -0.25) is 9.59 Å². The van der Waals surface area contributed by atoms with Gasteiger partial charge in [-0.2, -0.15) is 0 Å². The predicted octanol–water partition coefficient (Wildman–Crippen LogP) is 2.40. The van der Waals surface area contributed by atoms with Gasteiger partial charge in [-0.25, -0.2) is 4.79 Å². The molecular formula is C22H22N2O5. The zero-order valence-corrected chi connectivity index (χ0v) is 16.1. The number of carboxylic acid groups (broad SMARTS) is 1. The molecule has 2 aliphatic rings. The number of hydrogen-bond acceptors (Lipinski definition) is 4. The topological polar surface area (TPSA) is 87.2 Å². The van der Waals surface area contributed by atoms with Crippen LogP contribution in [0.2, 0.25) is 0 Å². The zero-order valence-electron chi connectivity index (χ0n) is 16.1. The number of aliphatic carboxylic acids is 1. The number of carboxylic acids is 1. The van der Waals surface area contributed by atoms with E-state index >= 15 is 0 Å². The standard InChI is InChI=1S/C22H22N2O5/c1-14-21(26)23(17-8-4-5-9-18(17)29-14)13-11-19(25)24-12-10-15-6-2-3-7-16(15)20(24)22(27)28/h2-9,14,20H,10-13H2,1H3,(H,27,28). The monoisotopic (exact) mass is 394 g/mol. The number of para-hydroxylation sites is 2. The number of fused-ring (bicyclic) bond motifs is 2. The Kier molecular flexibility index (Phi) is 4.96. The molecule has 0 radical (unpaired) electrons. The summed E-state index contributed by atoms with van der Waals surface area (Å²) in [4.78, 5) is 40.4. The van der Waals surface area contributed by atoms with Gasteiger partial charge >= 0.3 is 5.97 Å². The molecule has 0 saturated carbocycles. The smallest absolute Gasteiger partial charge is 0.331 e. The molecule has 29 heavy (non-hydrogen) atoms. The lowest BCUT2D eigenvalue weighted by Crippen LogP contribution is -2.47. The molecule has 0 aromatic heterocycles. The molecule has 2 aromatic carbocycles. The third kappa shape index (κ3) is 3.44. The number of hydrogen-bond donors (Lipinski definition) is 1. The van der Waals surface area contributed by atoms with Crippen LogP contribution in [0.3, 0.4) is 0 Å². The van der Waals surface area contributed by atoms with E-state index in [0.717, 1.165) is 5.56 Å². The summed E-state index contributed by atoms with van der Waals surface area (Å²) in [5.41, 5.74) is 2.23. The minimum atomic E-state index is -1.05. The average Bonchev–Trinajstić information content (AvgIpc) is 2.72. The van der Waals surface area contributed by atoms with Crippen LogP contribution in [0.25, 0.3) is 0 Å². The van der Waals surface area contributed by atoms with Crippen LogP contribution < -0.4 is 9.64 Å². The van der Waals surface area contributed by atoms with E-state index in [0.29, 0.717) is 30.0 Å². The van der Waals surface area contributed by atoms with Crippen LogP contribution in [0, 0.1) is 0 Å². The minimum absolute atomic E-state index is 0.0404. The van der Waals surface area contributed by atoms with E-state index in [1.54, 1.807) is 36.1 Å². The van der Waals surface area contributed by atoms with Crippen molar-refractivity contribution in [2.24, 2.45) is 0 Å². The number of benzene rings is 2. The van der Waals surface area contributed by atoms with Crippen LogP contribution in [0.1, 0.15) is 30.5 Å². The highest BCUT2D eigenvalue weighted by molar-refractivity contribution is 6.00. The lowest BCUT2D eigenvalue weighted by molar-refractivity contribution is -0.151. The maximum absolute atomic E-state index is 13.0. The van der Waals surface area contributed by atoms with Gasteiger partial charge < -0.3 is 19.6 Å². The number of ether oxygens (including phenoxy) is 1. The largest absolute Gasteiger partial charge is 0.479 e. The Morgan fingerprint density at radius 3 is 2.66 bits per heavy atom. The number of carbonyl (C=O) groups is 3. The Labute approximate surface area is 168 Å². The Hall–Kier alpha value is -3.35. The Bertz CT molecular complexity index is 973. The second-order valence-corrected chi connectivity index (χ2v) is 7.24. The maximum Gasteiger partial charge on any atom is 0.331 e. The fourth-order valence-electron chi connectivity index (χ4n) is 4.04. The normalized spacial score (nSPS) is 20.5. The molecule has 7 heteroatoms. The van der Waals surface area contributed by atoms with E-state index in [9.17, 15) is 19.5 Å². The van der Waals surface area contributed by atoms with E-state index in [1.165, 1.54) is 4.90 Å². The third-order valence-corrected chi connectivity index (χ3v) is 5.46. The second-order valence-electron chi connectivity index (χ2n) is 7.24. The molecular weight excluding hydrogens is 372 g/mol. The van der Waals surface area contributed by atoms with Crippen LogP contribution in [0.4, 0.5) is 5.69 Å². The first kappa shape index (κ1) is 19.0. The first-order valence-electron chi connectivity index (χ1n) is 9.64. The van der Waals surface area contributed by atoms with E-state index < -0.39 is 18.1 Å². The van der Waals surface area contributed by atoms with E-state index in [1.807, 2.05) is 24.3 Å². The Balaban J connectivity index is 1.53. The van der Waals surface area contributed by atoms with Gasteiger partial charge in [0.15, 0.2) is 12.1 Å². The van der Waals surface area contributed by atoms with E-state index in [4.69, 9.17) is 4.74 Å². The van der Waals surface area contributed by atoms with Gasteiger partial charge in [0, 0.05) is 19.5 Å². The quantitative estimate of drug-likeness (QED) is 0.861. The molecule has 0 saturated heterocycles. The SMILES string of the molecule is CC1Oc2ccccc2N(CCC(=O)N2CCc3ccccc3C2C(=O)O)C1=O. The van der Waals surface area contributed by atoms with Crippen molar-refractivity contribution in [3.05, 3.63) is 59.7 Å². The molecule has 2 aromatic rings. The molecule has 0 spiro atoms. The first-order valence-corrected chi connectivity index (χ1v) is 9.64. The number of anilines is 1. The fourth-order valence-corrected chi connectivity index (χ4v) is 4.04. The van der Waals surface area contributed by atoms with Gasteiger partial charge in [-0.05, 0) is 36.6 Å². The molecule has 150 valence electrons. The number of amides is 2. The first-order chi connectivity index (χ1) is 14.0. The summed E-state index contributed by atoms with van der Waals surface area (Å²) in [6, 6.07) is 13.5. The van der Waals surface area contributed by atoms with Crippen LogP contribution >= 0.6 is 0 Å². The number of carbonyl (C=O) groups excluding carboxylic acids is 2. The van der Waals surface area contributed by atoms with Crippen molar-refractivity contribution < 1.29 is 24.2 Å². The minimum Gasteiger partial charge on any atom is -0.479 e. The summed E-state index contributed by atoms with van der Waals surface area (Å²) in [5.74, 6) is -0.944. The van der Waals surface area contributed by atoms with Crippen LogP contribution in [-0.4, -0.2) is 47.0 Å². The molecule has 1 N–H and O–H groups in total. The van der Waals surface area contributed by atoms with Gasteiger partial charge in [-0.1, -0.05) is 36.4 Å². The molecule has 4 rings (SSSR count). The molecule has 0 fully saturated rings. The van der Waals surface area contributed by atoms with Crippen molar-refractivity contribution >= 4 is 23.5 Å². The Morgan fingerprint density at radius 1 is 1.14 bits per heavy atom. The van der Waals surface area contributed by atoms with Gasteiger partial charge in [0.05, 0.1) is 5.69 Å². The molecule has 2 heterocycles. The molecule has 7 nitrogen and oxygen atoms in total. The van der Waals surface area contributed by atoms with Gasteiger partial charge in [0.2, 0.25) is 5.91 Å². The van der Waals surface area contributed by atoms with Crippen molar-refractivity contribution in [2.45, 2.75) is 31.9 Å². The zero-order chi connectivity index (χ0) is 20.5. The second kappa shape index (κ2) is 7.58. The van der Waals surface area contributed by atoms with Crippen LogP contribution in [0.15, 0.2) is 48.5 Å². The van der Waals surface area contributed by atoms with Crippen molar-refractivity contribution in [1.82, 2.24) is 4.90 Å². The molecule has 2 amide bonds. The summed E-state index contributed by atoms with van der Waals surface area (Å²) < 4.78 is 5.62. The van der Waals surface area contributed by atoms with Crippen LogP contribution in [-0.2, 0) is 20.8 Å². The highest BCUT2D eigenvalue weighted by Crippen LogP contribution is 2.34. The summed E-state index contributed by atoms with van der Waals surface area (Å²) in [5, 5.41) is 9.75. The third-order valence-electron chi connectivity index (χ3n) is 5.46. The Morgan fingerprint density at radius 2 is 1.86 bits per heavy atom. The molecule has 2 unspecified atom stereocenters. The van der Waals surface area contributed by atoms with Crippen molar-refractivity contribution in [3.8, 4) is 5.75 Å². The molecule has 0 bridgehead atoms. The van der Waals surface area contributed by atoms with Gasteiger partial charge in [0.25, 0.3) is 5.91 Å². The molecule has 0 aliphatic carbocycles.